The Morgan fingerprint density at radius 2 is 2.04 bits per heavy atom. The topological polar surface area (TPSA) is 60.0 Å². The average molecular weight is 355 g/mol. The Morgan fingerprint density at radius 3 is 2.84 bits per heavy atom. The zero-order valence-corrected chi connectivity index (χ0v) is 15.1. The lowest BCUT2D eigenvalue weighted by atomic mass is 10.1. The number of benzene rings is 1. The molecule has 0 amide bonds. The highest BCUT2D eigenvalue weighted by atomic mass is 35.5. The molecule has 3 aromatic heterocycles. The molecule has 0 unspecified atom stereocenters. The van der Waals surface area contributed by atoms with Crippen molar-refractivity contribution >= 4 is 34.0 Å². The van der Waals surface area contributed by atoms with Gasteiger partial charge in [0.2, 0.25) is 0 Å². The molecule has 0 aliphatic carbocycles. The molecule has 0 spiro atoms. The standard InChI is InChI=1S/C18H19ClN6/c1-11(2)13-9-21-25-17(8-16(19)22-18(13)25)20-10-14-12-6-4-5-7-15(12)24(3)23-14/h4-9,11,20H,10H2,1-3H3. The quantitative estimate of drug-likeness (QED) is 0.562. The molecule has 0 radical (unpaired) electrons. The number of aromatic nitrogens is 5. The predicted octanol–water partition coefficient (Wildman–Crippen LogP) is 4.00. The van der Waals surface area contributed by atoms with Crippen molar-refractivity contribution in [2.75, 3.05) is 5.32 Å². The van der Waals surface area contributed by atoms with Crippen LogP contribution in [0.3, 0.4) is 0 Å². The summed E-state index contributed by atoms with van der Waals surface area (Å²) in [7, 11) is 1.95. The molecule has 25 heavy (non-hydrogen) atoms. The van der Waals surface area contributed by atoms with Crippen LogP contribution in [0.1, 0.15) is 31.0 Å². The van der Waals surface area contributed by atoms with Gasteiger partial charge in [0.1, 0.15) is 11.0 Å². The van der Waals surface area contributed by atoms with Gasteiger partial charge in [-0.1, -0.05) is 43.6 Å². The lowest BCUT2D eigenvalue weighted by Crippen LogP contribution is -2.07. The molecule has 1 N–H and O–H groups in total. The van der Waals surface area contributed by atoms with Gasteiger partial charge in [0.25, 0.3) is 0 Å². The third-order valence-corrected chi connectivity index (χ3v) is 4.55. The Morgan fingerprint density at radius 1 is 1.24 bits per heavy atom. The van der Waals surface area contributed by atoms with Gasteiger partial charge >= 0.3 is 0 Å². The second-order valence-corrected chi connectivity index (χ2v) is 6.78. The fourth-order valence-corrected chi connectivity index (χ4v) is 3.26. The Hall–Kier alpha value is -2.60. The summed E-state index contributed by atoms with van der Waals surface area (Å²) in [6.07, 6.45) is 1.85. The molecule has 0 atom stereocenters. The van der Waals surface area contributed by atoms with Crippen molar-refractivity contribution in [2.24, 2.45) is 7.05 Å². The van der Waals surface area contributed by atoms with Crippen LogP contribution in [0.25, 0.3) is 16.6 Å². The monoisotopic (exact) mass is 354 g/mol. The van der Waals surface area contributed by atoms with Crippen molar-refractivity contribution in [1.82, 2.24) is 24.4 Å². The number of nitrogens with one attached hydrogen (secondary N) is 1. The molecule has 0 bridgehead atoms. The molecule has 4 aromatic rings. The molecule has 1 aromatic carbocycles. The summed E-state index contributed by atoms with van der Waals surface area (Å²) in [4.78, 5) is 4.43. The van der Waals surface area contributed by atoms with E-state index in [1.165, 1.54) is 0 Å². The molecule has 0 saturated carbocycles. The van der Waals surface area contributed by atoms with Crippen LogP contribution in [0.4, 0.5) is 5.82 Å². The van der Waals surface area contributed by atoms with Crippen LogP contribution in [0.2, 0.25) is 5.15 Å². The summed E-state index contributed by atoms with van der Waals surface area (Å²) in [5, 5.41) is 14.1. The highest BCUT2D eigenvalue weighted by Crippen LogP contribution is 2.25. The number of fused-ring (bicyclic) bond motifs is 2. The molecule has 0 fully saturated rings. The molecule has 7 heteroatoms. The van der Waals surface area contributed by atoms with Gasteiger partial charge in [0.05, 0.1) is 24.0 Å². The lowest BCUT2D eigenvalue weighted by molar-refractivity contribution is 0.770. The van der Waals surface area contributed by atoms with Crippen molar-refractivity contribution in [3.63, 3.8) is 0 Å². The molecule has 3 heterocycles. The van der Waals surface area contributed by atoms with Gasteiger partial charge in [-0.3, -0.25) is 4.68 Å². The summed E-state index contributed by atoms with van der Waals surface area (Å²) >= 11 is 6.23. The predicted molar refractivity (Wildman–Crippen MR) is 100 cm³/mol. The fraction of sp³-hybridized carbons (Fsp3) is 0.278. The molecule has 4 rings (SSSR count). The second-order valence-electron chi connectivity index (χ2n) is 6.40. The van der Waals surface area contributed by atoms with Crippen molar-refractivity contribution in [3.8, 4) is 0 Å². The van der Waals surface area contributed by atoms with Gasteiger partial charge in [-0.2, -0.15) is 14.7 Å². The van der Waals surface area contributed by atoms with Gasteiger partial charge in [0.15, 0.2) is 5.65 Å². The fourth-order valence-electron chi connectivity index (χ4n) is 3.08. The number of rotatable bonds is 4. The first kappa shape index (κ1) is 15.9. The van der Waals surface area contributed by atoms with Crippen LogP contribution in [-0.4, -0.2) is 24.4 Å². The van der Waals surface area contributed by atoms with Gasteiger partial charge in [0, 0.05) is 24.1 Å². The first-order valence-electron chi connectivity index (χ1n) is 8.23. The largest absolute Gasteiger partial charge is 0.364 e. The minimum absolute atomic E-state index is 0.330. The van der Waals surface area contributed by atoms with Crippen molar-refractivity contribution in [3.05, 3.63) is 52.9 Å². The van der Waals surface area contributed by atoms with Crippen LogP contribution in [-0.2, 0) is 13.6 Å². The SMILES string of the molecule is CC(C)c1cnn2c(NCc3nn(C)c4ccccc34)cc(Cl)nc12. The van der Waals surface area contributed by atoms with Crippen LogP contribution >= 0.6 is 11.6 Å². The average Bonchev–Trinajstić information content (AvgIpc) is 3.15. The van der Waals surface area contributed by atoms with Gasteiger partial charge in [-0.15, -0.1) is 0 Å². The molecule has 0 aliphatic rings. The molecule has 6 nitrogen and oxygen atoms in total. The number of hydrogen-bond acceptors (Lipinski definition) is 4. The maximum absolute atomic E-state index is 6.23. The third kappa shape index (κ3) is 2.72. The van der Waals surface area contributed by atoms with E-state index in [0.717, 1.165) is 33.6 Å². The third-order valence-electron chi connectivity index (χ3n) is 4.36. The van der Waals surface area contributed by atoms with E-state index in [0.29, 0.717) is 17.6 Å². The highest BCUT2D eigenvalue weighted by molar-refractivity contribution is 6.29. The number of anilines is 1. The van der Waals surface area contributed by atoms with Crippen LogP contribution in [0.15, 0.2) is 36.5 Å². The van der Waals surface area contributed by atoms with Gasteiger partial charge in [-0.05, 0) is 12.0 Å². The molecule has 0 saturated heterocycles. The van der Waals surface area contributed by atoms with E-state index in [-0.39, 0.29) is 0 Å². The summed E-state index contributed by atoms with van der Waals surface area (Å²) in [5.74, 6) is 1.13. The highest BCUT2D eigenvalue weighted by Gasteiger charge is 2.14. The van der Waals surface area contributed by atoms with Crippen LogP contribution < -0.4 is 5.32 Å². The number of para-hydroxylation sites is 1. The Labute approximate surface area is 150 Å². The first-order chi connectivity index (χ1) is 12.0. The summed E-state index contributed by atoms with van der Waals surface area (Å²) < 4.78 is 3.69. The maximum Gasteiger partial charge on any atom is 0.162 e. The second kappa shape index (κ2) is 6.04. The zero-order valence-electron chi connectivity index (χ0n) is 14.4. The zero-order chi connectivity index (χ0) is 17.6. The Bertz CT molecular complexity index is 1060. The first-order valence-corrected chi connectivity index (χ1v) is 8.61. The summed E-state index contributed by atoms with van der Waals surface area (Å²) in [5.41, 5.74) is 3.96. The van der Waals surface area contributed by atoms with E-state index >= 15 is 0 Å². The van der Waals surface area contributed by atoms with E-state index in [2.05, 4.69) is 46.5 Å². The lowest BCUT2D eigenvalue weighted by Gasteiger charge is -2.09. The van der Waals surface area contributed by atoms with E-state index < -0.39 is 0 Å². The smallest absolute Gasteiger partial charge is 0.162 e. The van der Waals surface area contributed by atoms with E-state index in [9.17, 15) is 0 Å². The Balaban J connectivity index is 1.71. The number of nitrogens with zero attached hydrogens (tertiary/aromatic N) is 5. The molecule has 128 valence electrons. The molecule has 0 aliphatic heterocycles. The van der Waals surface area contributed by atoms with Crippen LogP contribution in [0, 0.1) is 0 Å². The summed E-state index contributed by atoms with van der Waals surface area (Å²) in [6.45, 7) is 4.81. The maximum atomic E-state index is 6.23. The van der Waals surface area contributed by atoms with E-state index in [1.807, 2.05) is 30.1 Å². The Kier molecular flexibility index (Phi) is 3.84. The van der Waals surface area contributed by atoms with Crippen molar-refractivity contribution < 1.29 is 0 Å². The van der Waals surface area contributed by atoms with E-state index in [4.69, 9.17) is 11.6 Å². The number of hydrogen-bond donors (Lipinski definition) is 1. The van der Waals surface area contributed by atoms with Crippen molar-refractivity contribution in [2.45, 2.75) is 26.3 Å². The van der Waals surface area contributed by atoms with Crippen LogP contribution in [0.5, 0.6) is 0 Å². The molecular formula is C18H19ClN6. The normalized spacial score (nSPS) is 11.7. The minimum atomic E-state index is 0.330. The van der Waals surface area contributed by atoms with Gasteiger partial charge in [-0.25, -0.2) is 4.98 Å². The minimum Gasteiger partial charge on any atom is -0.364 e. The number of halogens is 1. The number of aryl methyl sites for hydroxylation is 1. The van der Waals surface area contributed by atoms with Crippen molar-refractivity contribution in [1.29, 1.82) is 0 Å². The summed E-state index contributed by atoms with van der Waals surface area (Å²) in [6, 6.07) is 9.98. The van der Waals surface area contributed by atoms with Gasteiger partial charge < -0.3 is 5.32 Å². The molecular weight excluding hydrogens is 336 g/mol. The van der Waals surface area contributed by atoms with E-state index in [1.54, 1.807) is 10.6 Å².